The number of carbonyl (C=O) groups excluding carboxylic acids is 1. The van der Waals surface area contributed by atoms with Crippen molar-refractivity contribution in [1.29, 1.82) is 0 Å². The highest BCUT2D eigenvalue weighted by atomic mass is 35.5. The first kappa shape index (κ1) is 20.6. The van der Waals surface area contributed by atoms with Gasteiger partial charge < -0.3 is 9.84 Å². The number of benzene rings is 1. The summed E-state index contributed by atoms with van der Waals surface area (Å²) in [5.74, 6) is -0.610. The van der Waals surface area contributed by atoms with Gasteiger partial charge in [-0.1, -0.05) is 31.5 Å². The van der Waals surface area contributed by atoms with E-state index in [0.29, 0.717) is 17.3 Å². The van der Waals surface area contributed by atoms with E-state index in [2.05, 4.69) is 13.8 Å². The summed E-state index contributed by atoms with van der Waals surface area (Å²) in [6.45, 7) is 4.15. The van der Waals surface area contributed by atoms with Gasteiger partial charge in [-0.2, -0.15) is 5.10 Å². The van der Waals surface area contributed by atoms with Crippen LogP contribution in [0.5, 0.6) is 0 Å². The fraction of sp³-hybridized carbons (Fsp3) is 0.304. The first-order valence-corrected chi connectivity index (χ1v) is 10.2. The fourth-order valence-electron chi connectivity index (χ4n) is 3.86. The molecule has 0 amide bonds. The summed E-state index contributed by atoms with van der Waals surface area (Å²) >= 11 is 6.35. The Kier molecular flexibility index (Phi) is 5.62. The Morgan fingerprint density at radius 2 is 2.00 bits per heavy atom. The molecule has 30 heavy (non-hydrogen) atoms. The lowest BCUT2D eigenvalue weighted by molar-refractivity contribution is -0.156. The highest BCUT2D eigenvalue weighted by Gasteiger charge is 2.26. The number of fused-ring (bicyclic) bond motifs is 1. The average Bonchev–Trinajstić information content (AvgIpc) is 3.05. The molecule has 1 N–H and O–H groups in total. The minimum absolute atomic E-state index is 0.0125. The van der Waals surface area contributed by atoms with Gasteiger partial charge in [0, 0.05) is 17.5 Å². The molecule has 5 nitrogen and oxygen atoms in total. The summed E-state index contributed by atoms with van der Waals surface area (Å²) < 4.78 is 20.5. The summed E-state index contributed by atoms with van der Waals surface area (Å²) in [4.78, 5) is 11.7. The molecule has 0 radical (unpaired) electrons. The summed E-state index contributed by atoms with van der Waals surface area (Å²) in [7, 11) is 0. The first-order chi connectivity index (χ1) is 14.3. The fourth-order valence-corrected chi connectivity index (χ4v) is 4.05. The van der Waals surface area contributed by atoms with Crippen molar-refractivity contribution >= 4 is 29.2 Å². The molecule has 7 heteroatoms. The number of ether oxygens (including phenoxy) is 1. The van der Waals surface area contributed by atoms with Crippen LogP contribution in [0.25, 0.3) is 22.9 Å². The Balaban J connectivity index is 1.90. The molecule has 1 saturated heterocycles. The van der Waals surface area contributed by atoms with Crippen LogP contribution < -0.4 is 0 Å². The van der Waals surface area contributed by atoms with Crippen LogP contribution in [0.1, 0.15) is 43.7 Å². The molecule has 0 spiro atoms. The number of aliphatic hydroxyl groups excluding tert-OH is 1. The Morgan fingerprint density at radius 1 is 1.27 bits per heavy atom. The van der Waals surface area contributed by atoms with Crippen LogP contribution in [-0.2, 0) is 9.53 Å². The van der Waals surface area contributed by atoms with Crippen LogP contribution in [0.4, 0.5) is 4.39 Å². The van der Waals surface area contributed by atoms with Crippen LogP contribution in [0.15, 0.2) is 42.5 Å². The van der Waals surface area contributed by atoms with Crippen molar-refractivity contribution < 1.29 is 19.0 Å². The zero-order valence-corrected chi connectivity index (χ0v) is 17.4. The van der Waals surface area contributed by atoms with Gasteiger partial charge in [0.2, 0.25) is 0 Å². The minimum Gasteiger partial charge on any atom is -0.458 e. The Hall–Kier alpha value is -2.70. The highest BCUT2D eigenvalue weighted by molar-refractivity contribution is 6.30. The van der Waals surface area contributed by atoms with E-state index in [1.165, 1.54) is 12.1 Å². The van der Waals surface area contributed by atoms with E-state index >= 15 is 0 Å². The molecule has 3 heterocycles. The number of rotatable bonds is 4. The molecule has 2 aromatic heterocycles. The van der Waals surface area contributed by atoms with Gasteiger partial charge in [0.25, 0.3) is 0 Å². The molecule has 0 aliphatic carbocycles. The zero-order chi connectivity index (χ0) is 21.4. The molecular weight excluding hydrogens is 407 g/mol. The molecule has 3 aromatic rings. The number of cyclic esters (lactones) is 1. The van der Waals surface area contributed by atoms with E-state index in [1.54, 1.807) is 28.8 Å². The lowest BCUT2D eigenvalue weighted by Crippen LogP contribution is -2.31. The van der Waals surface area contributed by atoms with E-state index in [4.69, 9.17) is 21.4 Å². The van der Waals surface area contributed by atoms with E-state index < -0.39 is 18.2 Å². The maximum absolute atomic E-state index is 13.5. The topological polar surface area (TPSA) is 63.8 Å². The minimum atomic E-state index is -0.716. The second-order valence-corrected chi connectivity index (χ2v) is 8.16. The molecule has 156 valence electrons. The van der Waals surface area contributed by atoms with Crippen molar-refractivity contribution in [2.75, 3.05) is 0 Å². The van der Waals surface area contributed by atoms with Crippen LogP contribution in [0.3, 0.4) is 0 Å². The third-order valence-corrected chi connectivity index (χ3v) is 5.48. The molecule has 2 atom stereocenters. The second kappa shape index (κ2) is 8.20. The lowest BCUT2D eigenvalue weighted by atomic mass is 9.92. The van der Waals surface area contributed by atoms with Crippen molar-refractivity contribution in [3.63, 3.8) is 0 Å². The third-order valence-electron chi connectivity index (χ3n) is 5.19. The summed E-state index contributed by atoms with van der Waals surface area (Å²) in [6, 6.07) is 9.83. The smallest absolute Gasteiger partial charge is 0.309 e. The molecule has 1 fully saturated rings. The molecule has 0 saturated carbocycles. The SMILES string of the molecule is CC(C)c1c(C=C[C@@H]2C[C@@H](O)CC(=O)O2)c(-c2ccc(F)cc2)nn2c(Cl)ccc12. The van der Waals surface area contributed by atoms with Crippen LogP contribution >= 0.6 is 11.6 Å². The van der Waals surface area contributed by atoms with Gasteiger partial charge in [0.05, 0.1) is 23.7 Å². The van der Waals surface area contributed by atoms with E-state index in [-0.39, 0.29) is 18.2 Å². The van der Waals surface area contributed by atoms with E-state index in [0.717, 1.165) is 22.2 Å². The second-order valence-electron chi connectivity index (χ2n) is 7.77. The number of carbonyl (C=O) groups is 1. The van der Waals surface area contributed by atoms with Crippen LogP contribution in [-0.4, -0.2) is 32.9 Å². The molecular formula is C23H22ClFN2O3. The number of hydrogen-bond donors (Lipinski definition) is 1. The zero-order valence-electron chi connectivity index (χ0n) is 16.7. The maximum Gasteiger partial charge on any atom is 0.309 e. The molecule has 4 rings (SSSR count). The van der Waals surface area contributed by atoms with Crippen molar-refractivity contribution in [2.45, 2.75) is 44.8 Å². The molecule has 0 bridgehead atoms. The molecule has 1 aliphatic rings. The molecule has 0 unspecified atom stereocenters. The van der Waals surface area contributed by atoms with Gasteiger partial charge >= 0.3 is 5.97 Å². The number of esters is 1. The number of hydrogen-bond acceptors (Lipinski definition) is 4. The van der Waals surface area contributed by atoms with Gasteiger partial charge in [0.15, 0.2) is 0 Å². The summed E-state index contributed by atoms with van der Waals surface area (Å²) in [6.07, 6.45) is 2.77. The number of aromatic nitrogens is 2. The van der Waals surface area contributed by atoms with Crippen LogP contribution in [0.2, 0.25) is 5.15 Å². The van der Waals surface area contributed by atoms with Crippen molar-refractivity contribution in [3.8, 4) is 11.3 Å². The number of nitrogens with zero attached hydrogens (tertiary/aromatic N) is 2. The quantitative estimate of drug-likeness (QED) is 0.594. The van der Waals surface area contributed by atoms with E-state index in [9.17, 15) is 14.3 Å². The Labute approximate surface area is 178 Å². The van der Waals surface area contributed by atoms with Gasteiger partial charge in [-0.15, -0.1) is 0 Å². The predicted octanol–water partition coefficient (Wildman–Crippen LogP) is 5.00. The largest absolute Gasteiger partial charge is 0.458 e. The Morgan fingerprint density at radius 3 is 2.67 bits per heavy atom. The number of aliphatic hydroxyl groups is 1. The average molecular weight is 429 g/mol. The van der Waals surface area contributed by atoms with Gasteiger partial charge in [-0.25, -0.2) is 8.91 Å². The van der Waals surface area contributed by atoms with Gasteiger partial charge in [-0.05, 0) is 54.0 Å². The predicted molar refractivity (Wildman–Crippen MR) is 114 cm³/mol. The van der Waals surface area contributed by atoms with Gasteiger partial charge in [0.1, 0.15) is 17.1 Å². The molecule has 1 aliphatic heterocycles. The van der Waals surface area contributed by atoms with Gasteiger partial charge in [-0.3, -0.25) is 4.79 Å². The number of halogens is 2. The normalized spacial score (nSPS) is 19.7. The highest BCUT2D eigenvalue weighted by Crippen LogP contribution is 2.35. The van der Waals surface area contributed by atoms with E-state index in [1.807, 2.05) is 12.1 Å². The monoisotopic (exact) mass is 428 g/mol. The molecule has 1 aromatic carbocycles. The Bertz CT molecular complexity index is 1120. The lowest BCUT2D eigenvalue weighted by Gasteiger charge is -2.24. The van der Waals surface area contributed by atoms with Crippen molar-refractivity contribution in [1.82, 2.24) is 9.61 Å². The van der Waals surface area contributed by atoms with Crippen molar-refractivity contribution in [3.05, 3.63) is 64.6 Å². The maximum atomic E-state index is 13.5. The van der Waals surface area contributed by atoms with Crippen molar-refractivity contribution in [2.24, 2.45) is 0 Å². The van der Waals surface area contributed by atoms with Crippen LogP contribution in [0, 0.1) is 5.82 Å². The summed E-state index contributed by atoms with van der Waals surface area (Å²) in [5, 5.41) is 15.1. The standard InChI is InChI=1S/C23H22ClFN2O3/c1-13(2)22-18(8-7-17-11-16(28)12-21(29)30-17)23(14-3-5-15(25)6-4-14)26-27-19(22)9-10-20(27)24/h3-10,13,16-17,28H,11-12H2,1-2H3/t16-,17-/m1/s1. The summed E-state index contributed by atoms with van der Waals surface area (Å²) in [5.41, 5.74) is 4.12. The first-order valence-electron chi connectivity index (χ1n) is 9.86. The third kappa shape index (κ3) is 3.98.